The molecular weight excluding hydrogens is 792 g/mol. The van der Waals surface area contributed by atoms with Crippen LogP contribution in [-0.4, -0.2) is 6.71 Å². The molecule has 0 fully saturated rings. The van der Waals surface area contributed by atoms with Crippen LogP contribution < -0.4 is 26.2 Å². The Hall–Kier alpha value is -6.36. The van der Waals surface area contributed by atoms with Gasteiger partial charge in [0.15, 0.2) is 0 Å². The highest BCUT2D eigenvalue weighted by Gasteiger charge is 2.45. The summed E-state index contributed by atoms with van der Waals surface area (Å²) in [5.74, 6) is 0. The zero-order valence-corrected chi connectivity index (χ0v) is 39.2. The van der Waals surface area contributed by atoms with Crippen molar-refractivity contribution in [1.82, 2.24) is 0 Å². The molecule has 12 rings (SSSR count). The van der Waals surface area contributed by atoms with E-state index in [4.69, 9.17) is 0 Å². The van der Waals surface area contributed by atoms with Crippen molar-refractivity contribution in [2.75, 3.05) is 9.80 Å². The average molecular weight is 845 g/mol. The number of hydrogen-bond acceptors (Lipinski definition) is 3. The molecule has 2 aliphatic heterocycles. The minimum absolute atomic E-state index is 0.0140. The smallest absolute Gasteiger partial charge is 0.252 e. The van der Waals surface area contributed by atoms with Crippen molar-refractivity contribution in [1.29, 1.82) is 0 Å². The Morgan fingerprint density at radius 2 is 1.11 bits per heavy atom. The van der Waals surface area contributed by atoms with Crippen LogP contribution >= 0.6 is 11.3 Å². The van der Waals surface area contributed by atoms with E-state index in [9.17, 15) is 0 Å². The topological polar surface area (TPSA) is 6.48 Å². The van der Waals surface area contributed by atoms with Crippen LogP contribution in [0.25, 0.3) is 42.4 Å². The first-order valence-electron chi connectivity index (χ1n) is 23.0. The Morgan fingerprint density at radius 1 is 0.484 bits per heavy atom. The van der Waals surface area contributed by atoms with Crippen molar-refractivity contribution in [3.05, 3.63) is 186 Å². The van der Waals surface area contributed by atoms with E-state index in [2.05, 4.69) is 230 Å². The van der Waals surface area contributed by atoms with Crippen LogP contribution in [0.5, 0.6) is 0 Å². The van der Waals surface area contributed by atoms with E-state index in [1.807, 2.05) is 11.3 Å². The highest BCUT2D eigenvalue weighted by Crippen LogP contribution is 2.52. The Labute approximate surface area is 382 Å². The van der Waals surface area contributed by atoms with E-state index < -0.39 is 0 Å². The molecule has 9 aromatic rings. The summed E-state index contributed by atoms with van der Waals surface area (Å²) in [6.07, 6.45) is 0. The van der Waals surface area contributed by atoms with Crippen LogP contribution in [0.15, 0.2) is 158 Å². The predicted molar refractivity (Wildman–Crippen MR) is 278 cm³/mol. The summed E-state index contributed by atoms with van der Waals surface area (Å²) in [4.78, 5) is 5.17. The summed E-state index contributed by atoms with van der Waals surface area (Å²) in [6, 6.07) is 60.7. The molecule has 2 nitrogen and oxygen atoms in total. The van der Waals surface area contributed by atoms with Crippen molar-refractivity contribution in [2.45, 2.75) is 78.6 Å². The van der Waals surface area contributed by atoms with Gasteiger partial charge in [-0.15, -0.1) is 11.3 Å². The van der Waals surface area contributed by atoms with Gasteiger partial charge in [0.1, 0.15) is 0 Å². The lowest BCUT2D eigenvalue weighted by Gasteiger charge is -2.45. The summed E-state index contributed by atoms with van der Waals surface area (Å²) >= 11 is 1.90. The first-order valence-corrected chi connectivity index (χ1v) is 23.8. The van der Waals surface area contributed by atoms with Crippen LogP contribution in [0.4, 0.5) is 34.1 Å². The molecule has 0 N–H and O–H groups in total. The van der Waals surface area contributed by atoms with E-state index in [0.29, 0.717) is 0 Å². The SMILES string of the molecule is Cc1cc2c3c(c1)N(c1ccc4c(c1)C(C)(C)c1ccccc1-4)c1cc(C(C)(C)C)ccc1B3c1cc(C(C)(C)C)ccc1N2c1ccc(-c2cccc3c2sc2ccccc23)cc1. The third kappa shape index (κ3) is 5.71. The number of nitrogens with zero attached hydrogens (tertiary/aromatic N) is 2. The molecule has 0 radical (unpaired) electrons. The molecule has 0 saturated carbocycles. The van der Waals surface area contributed by atoms with Gasteiger partial charge in [-0.1, -0.05) is 159 Å². The summed E-state index contributed by atoms with van der Waals surface area (Å²) in [5, 5.41) is 2.66. The zero-order valence-electron chi connectivity index (χ0n) is 38.4. The number of aryl methyl sites for hydroxylation is 1. The van der Waals surface area contributed by atoms with Crippen LogP contribution in [-0.2, 0) is 16.2 Å². The molecule has 1 aromatic heterocycles. The lowest BCUT2D eigenvalue weighted by atomic mass is 9.33. The maximum absolute atomic E-state index is 2.61. The van der Waals surface area contributed by atoms with Crippen molar-refractivity contribution >= 4 is 88.7 Å². The van der Waals surface area contributed by atoms with Crippen LogP contribution in [0, 0.1) is 6.92 Å². The standard InChI is InChI=1S/C60H53BN2S/c1-36-31-53-56-54(32-36)63(41-27-28-44-43-15-10-12-19-47(43)60(8,9)48(44)35-41)52-34-39(59(5,6)7)23-29-49(52)61(56)50-33-38(58(2,3)4)24-30-51(50)62(53)40-25-21-37(22-26-40)42-17-14-18-46-45-16-11-13-20-55(45)64-57(42)46/h10-35H,1-9H3. The van der Waals surface area contributed by atoms with Gasteiger partial charge < -0.3 is 9.80 Å². The molecule has 0 bridgehead atoms. The van der Waals surface area contributed by atoms with Gasteiger partial charge >= 0.3 is 0 Å². The third-order valence-corrected chi connectivity index (χ3v) is 15.8. The van der Waals surface area contributed by atoms with Gasteiger partial charge in [0.2, 0.25) is 0 Å². The molecule has 1 aliphatic carbocycles. The lowest BCUT2D eigenvalue weighted by Crippen LogP contribution is -2.61. The van der Waals surface area contributed by atoms with Gasteiger partial charge in [-0.2, -0.15) is 0 Å². The van der Waals surface area contributed by atoms with Gasteiger partial charge in [0.25, 0.3) is 6.71 Å². The quantitative estimate of drug-likeness (QED) is 0.164. The summed E-state index contributed by atoms with van der Waals surface area (Å²) < 4.78 is 2.68. The number of rotatable bonds is 3. The van der Waals surface area contributed by atoms with E-state index in [-0.39, 0.29) is 23.0 Å². The van der Waals surface area contributed by atoms with Crippen LogP contribution in [0.3, 0.4) is 0 Å². The third-order valence-electron chi connectivity index (χ3n) is 14.6. The maximum atomic E-state index is 2.61. The Morgan fingerprint density at radius 3 is 1.88 bits per heavy atom. The number of thiophene rings is 1. The molecule has 0 atom stereocenters. The van der Waals surface area contributed by atoms with Crippen molar-refractivity contribution in [2.24, 2.45) is 0 Å². The fraction of sp³-hybridized carbons (Fsp3) is 0.200. The fourth-order valence-electron chi connectivity index (χ4n) is 11.2. The second-order valence-electron chi connectivity index (χ2n) is 21.1. The maximum Gasteiger partial charge on any atom is 0.252 e. The molecule has 0 amide bonds. The monoisotopic (exact) mass is 844 g/mol. The van der Waals surface area contributed by atoms with Gasteiger partial charge in [-0.3, -0.25) is 0 Å². The first kappa shape index (κ1) is 39.3. The highest BCUT2D eigenvalue weighted by molar-refractivity contribution is 7.26. The van der Waals surface area contributed by atoms with Crippen LogP contribution in [0.1, 0.15) is 83.2 Å². The second-order valence-corrected chi connectivity index (χ2v) is 22.1. The minimum atomic E-state index is -0.115. The highest BCUT2D eigenvalue weighted by atomic mass is 32.1. The van der Waals surface area contributed by atoms with Gasteiger partial charge in [-0.05, 0) is 139 Å². The summed E-state index contributed by atoms with van der Waals surface area (Å²) in [6.45, 7) is 21.2. The number of hydrogen-bond donors (Lipinski definition) is 0. The first-order chi connectivity index (χ1) is 30.7. The van der Waals surface area contributed by atoms with E-state index in [1.165, 1.54) is 121 Å². The van der Waals surface area contributed by atoms with Crippen molar-refractivity contribution in [3.63, 3.8) is 0 Å². The van der Waals surface area contributed by atoms with E-state index in [1.54, 1.807) is 0 Å². The normalized spacial score (nSPS) is 14.7. The van der Waals surface area contributed by atoms with E-state index in [0.717, 1.165) is 0 Å². The number of fused-ring (bicyclic) bond motifs is 10. The van der Waals surface area contributed by atoms with Gasteiger partial charge in [0.05, 0.1) is 0 Å². The largest absolute Gasteiger partial charge is 0.311 e. The van der Waals surface area contributed by atoms with Crippen molar-refractivity contribution < 1.29 is 0 Å². The van der Waals surface area contributed by atoms with Gasteiger partial charge in [0, 0.05) is 59.7 Å². The fourth-order valence-corrected chi connectivity index (χ4v) is 12.5. The summed E-state index contributed by atoms with van der Waals surface area (Å²) in [5.41, 5.74) is 23.3. The van der Waals surface area contributed by atoms with E-state index >= 15 is 0 Å². The molecule has 4 heteroatoms. The lowest BCUT2D eigenvalue weighted by molar-refractivity contribution is 0.590. The molecule has 0 saturated heterocycles. The van der Waals surface area contributed by atoms with Gasteiger partial charge in [-0.25, -0.2) is 0 Å². The molecule has 3 aliphatic rings. The predicted octanol–water partition coefficient (Wildman–Crippen LogP) is 15.0. The molecule has 312 valence electrons. The molecule has 8 aromatic carbocycles. The Balaban J connectivity index is 1.09. The summed E-state index contributed by atoms with van der Waals surface area (Å²) in [7, 11) is 0. The molecule has 3 heterocycles. The Kier molecular flexibility index (Phi) is 8.33. The second kappa shape index (κ2) is 13.6. The Bertz CT molecular complexity index is 3410. The molecule has 0 spiro atoms. The molecule has 0 unspecified atom stereocenters. The van der Waals surface area contributed by atoms with Crippen LogP contribution in [0.2, 0.25) is 0 Å². The molecular formula is C60H53BN2S. The molecule has 64 heavy (non-hydrogen) atoms. The zero-order chi connectivity index (χ0) is 44.0. The van der Waals surface area contributed by atoms with Crippen molar-refractivity contribution in [3.8, 4) is 22.3 Å². The minimum Gasteiger partial charge on any atom is -0.311 e. The average Bonchev–Trinajstić information content (AvgIpc) is 3.77. The number of anilines is 6. The number of benzene rings is 8.